The third kappa shape index (κ3) is 9.15. The molecule has 1 atom stereocenters. The second kappa shape index (κ2) is 15.2. The van der Waals surface area contributed by atoms with Gasteiger partial charge in [0.25, 0.3) is 10.0 Å². The average molecular weight is 650 g/mol. The zero-order chi connectivity index (χ0) is 32.6. The van der Waals surface area contributed by atoms with Gasteiger partial charge in [0.15, 0.2) is 0 Å². The van der Waals surface area contributed by atoms with Crippen molar-refractivity contribution in [3.8, 4) is 0 Å². The molecule has 1 N–H and O–H groups in total. The summed E-state index contributed by atoms with van der Waals surface area (Å²) in [7, 11) is -4.24. The molecule has 4 aromatic carbocycles. The quantitative estimate of drug-likeness (QED) is 0.182. The standard InChI is InChI=1S/C35H37ClFN3O4S/c1-25(2)22-38-35(42)33(20-27-8-5-4-6-9-27)39(23-28-14-16-30(37)17-15-28)34(41)24-40(31-11-7-10-29(36)21-31)45(43,44)32-18-12-26(3)13-19-32/h4-19,21,25,33H,20,22-24H2,1-3H3,(H,38,42)/t33-/m1/s1. The van der Waals surface area contributed by atoms with E-state index in [0.717, 1.165) is 15.4 Å². The van der Waals surface area contributed by atoms with Gasteiger partial charge in [-0.1, -0.05) is 91.7 Å². The highest BCUT2D eigenvalue weighted by molar-refractivity contribution is 7.92. The third-order valence-electron chi connectivity index (χ3n) is 7.21. The highest BCUT2D eigenvalue weighted by Crippen LogP contribution is 2.27. The van der Waals surface area contributed by atoms with Gasteiger partial charge < -0.3 is 10.2 Å². The van der Waals surface area contributed by atoms with Crippen LogP contribution in [0.2, 0.25) is 5.02 Å². The number of rotatable bonds is 13. The molecule has 0 spiro atoms. The second-order valence-corrected chi connectivity index (χ2v) is 13.6. The first-order chi connectivity index (χ1) is 21.4. The number of carbonyl (C=O) groups is 2. The molecule has 4 aromatic rings. The topological polar surface area (TPSA) is 86.8 Å². The van der Waals surface area contributed by atoms with Crippen LogP contribution >= 0.6 is 11.6 Å². The SMILES string of the molecule is Cc1ccc(S(=O)(=O)N(CC(=O)N(Cc2ccc(F)cc2)[C@H](Cc2ccccc2)C(=O)NCC(C)C)c2cccc(Cl)c2)cc1. The van der Waals surface area contributed by atoms with Gasteiger partial charge in [0.2, 0.25) is 11.8 Å². The monoisotopic (exact) mass is 649 g/mol. The molecule has 0 heterocycles. The number of benzene rings is 4. The number of halogens is 2. The molecule has 0 bridgehead atoms. The second-order valence-electron chi connectivity index (χ2n) is 11.3. The Bertz CT molecular complexity index is 1700. The van der Waals surface area contributed by atoms with Crippen LogP contribution in [0, 0.1) is 18.7 Å². The Labute approximate surface area is 269 Å². The first kappa shape index (κ1) is 33.7. The Morgan fingerprint density at radius 1 is 0.867 bits per heavy atom. The number of nitrogens with one attached hydrogen (secondary N) is 1. The van der Waals surface area contributed by atoms with Crippen LogP contribution < -0.4 is 9.62 Å². The predicted molar refractivity (Wildman–Crippen MR) is 176 cm³/mol. The highest BCUT2D eigenvalue weighted by Gasteiger charge is 2.34. The van der Waals surface area contributed by atoms with Crippen molar-refractivity contribution >= 4 is 39.1 Å². The van der Waals surface area contributed by atoms with Gasteiger partial charge in [-0.15, -0.1) is 0 Å². The van der Waals surface area contributed by atoms with Gasteiger partial charge in [0, 0.05) is 24.5 Å². The Morgan fingerprint density at radius 3 is 2.16 bits per heavy atom. The van der Waals surface area contributed by atoms with E-state index in [1.165, 1.54) is 35.2 Å². The van der Waals surface area contributed by atoms with E-state index in [4.69, 9.17) is 11.6 Å². The van der Waals surface area contributed by atoms with E-state index in [0.29, 0.717) is 17.1 Å². The first-order valence-corrected chi connectivity index (χ1v) is 16.5. The maximum atomic E-state index is 14.4. The average Bonchev–Trinajstić information content (AvgIpc) is 3.01. The number of nitrogens with zero attached hydrogens (tertiary/aromatic N) is 2. The number of aryl methyl sites for hydroxylation is 1. The van der Waals surface area contributed by atoms with Crippen LogP contribution in [-0.2, 0) is 32.6 Å². The van der Waals surface area contributed by atoms with Gasteiger partial charge in [-0.3, -0.25) is 13.9 Å². The largest absolute Gasteiger partial charge is 0.354 e. The van der Waals surface area contributed by atoms with Crippen molar-refractivity contribution < 1.29 is 22.4 Å². The fourth-order valence-electron chi connectivity index (χ4n) is 4.76. The van der Waals surface area contributed by atoms with Crippen molar-refractivity contribution in [1.29, 1.82) is 0 Å². The van der Waals surface area contributed by atoms with E-state index in [9.17, 15) is 22.4 Å². The van der Waals surface area contributed by atoms with Gasteiger partial charge in [-0.05, 0) is 66.4 Å². The van der Waals surface area contributed by atoms with Crippen LogP contribution in [0.3, 0.4) is 0 Å². The molecule has 0 aliphatic heterocycles. The summed E-state index contributed by atoms with van der Waals surface area (Å²) in [4.78, 5) is 29.6. The molecule has 0 saturated heterocycles. The normalized spacial score (nSPS) is 12.0. The molecule has 0 radical (unpaired) electrons. The minimum Gasteiger partial charge on any atom is -0.354 e. The van der Waals surface area contributed by atoms with E-state index in [2.05, 4.69) is 5.32 Å². The summed E-state index contributed by atoms with van der Waals surface area (Å²) >= 11 is 6.27. The Hall–Kier alpha value is -4.21. The Kier molecular flexibility index (Phi) is 11.4. The fourth-order valence-corrected chi connectivity index (χ4v) is 6.35. The van der Waals surface area contributed by atoms with Crippen LogP contribution in [0.1, 0.15) is 30.5 Å². The molecule has 45 heavy (non-hydrogen) atoms. The predicted octanol–water partition coefficient (Wildman–Crippen LogP) is 6.40. The lowest BCUT2D eigenvalue weighted by Crippen LogP contribution is -2.53. The summed E-state index contributed by atoms with van der Waals surface area (Å²) < 4.78 is 43.0. The van der Waals surface area contributed by atoms with Gasteiger partial charge in [-0.2, -0.15) is 0 Å². The van der Waals surface area contributed by atoms with Crippen LogP contribution in [0.15, 0.2) is 108 Å². The molecule has 0 fully saturated rings. The van der Waals surface area contributed by atoms with Crippen molar-refractivity contribution in [2.45, 2.75) is 44.7 Å². The lowest BCUT2D eigenvalue weighted by Gasteiger charge is -2.34. The van der Waals surface area contributed by atoms with Gasteiger partial charge in [-0.25, -0.2) is 12.8 Å². The van der Waals surface area contributed by atoms with Crippen LogP contribution in [-0.4, -0.2) is 44.3 Å². The third-order valence-corrected chi connectivity index (χ3v) is 9.23. The smallest absolute Gasteiger partial charge is 0.264 e. The van der Waals surface area contributed by atoms with Crippen molar-refractivity contribution in [1.82, 2.24) is 10.2 Å². The number of carbonyl (C=O) groups excluding carboxylic acids is 2. The summed E-state index contributed by atoms with van der Waals surface area (Å²) in [6.45, 7) is 5.50. The zero-order valence-electron chi connectivity index (χ0n) is 25.5. The molecule has 7 nitrogen and oxygen atoms in total. The van der Waals surface area contributed by atoms with E-state index in [1.54, 1.807) is 42.5 Å². The lowest BCUT2D eigenvalue weighted by atomic mass is 10.0. The van der Waals surface area contributed by atoms with Gasteiger partial charge in [0.05, 0.1) is 10.6 Å². The molecule has 236 valence electrons. The molecule has 0 unspecified atom stereocenters. The highest BCUT2D eigenvalue weighted by atomic mass is 35.5. The van der Waals surface area contributed by atoms with Crippen molar-refractivity contribution in [3.05, 3.63) is 131 Å². The maximum Gasteiger partial charge on any atom is 0.264 e. The number of amides is 2. The summed E-state index contributed by atoms with van der Waals surface area (Å²) in [5, 5.41) is 3.24. The van der Waals surface area contributed by atoms with Gasteiger partial charge >= 0.3 is 0 Å². The van der Waals surface area contributed by atoms with Gasteiger partial charge in [0.1, 0.15) is 18.4 Å². The molecule has 0 aliphatic rings. The minimum absolute atomic E-state index is 0.00136. The lowest BCUT2D eigenvalue weighted by molar-refractivity contribution is -0.140. The molecule has 0 saturated carbocycles. The molecular weight excluding hydrogens is 613 g/mol. The number of sulfonamides is 1. The molecule has 10 heteroatoms. The Morgan fingerprint density at radius 2 is 1.53 bits per heavy atom. The Balaban J connectivity index is 1.79. The molecule has 0 aliphatic carbocycles. The molecule has 4 rings (SSSR count). The van der Waals surface area contributed by atoms with Crippen molar-refractivity contribution in [3.63, 3.8) is 0 Å². The number of anilines is 1. The summed E-state index contributed by atoms with van der Waals surface area (Å²) in [6.07, 6.45) is 0.180. The van der Waals surface area contributed by atoms with Crippen LogP contribution in [0.25, 0.3) is 0 Å². The summed E-state index contributed by atoms with van der Waals surface area (Å²) in [5.74, 6) is -1.27. The minimum atomic E-state index is -4.24. The van der Waals surface area contributed by atoms with E-state index in [1.807, 2.05) is 51.1 Å². The summed E-state index contributed by atoms with van der Waals surface area (Å²) in [5.41, 5.74) is 2.47. The zero-order valence-corrected chi connectivity index (χ0v) is 27.1. The van der Waals surface area contributed by atoms with Crippen molar-refractivity contribution in [2.24, 2.45) is 5.92 Å². The van der Waals surface area contributed by atoms with Crippen molar-refractivity contribution in [2.75, 3.05) is 17.4 Å². The summed E-state index contributed by atoms with van der Waals surface area (Å²) in [6, 6.07) is 26.5. The fraction of sp³-hybridized carbons (Fsp3) is 0.257. The number of hydrogen-bond acceptors (Lipinski definition) is 4. The number of hydrogen-bond donors (Lipinski definition) is 1. The van der Waals surface area contributed by atoms with Crippen LogP contribution in [0.4, 0.5) is 10.1 Å². The maximum absolute atomic E-state index is 14.4. The van der Waals surface area contributed by atoms with Crippen LogP contribution in [0.5, 0.6) is 0 Å². The molecule has 2 amide bonds. The van der Waals surface area contributed by atoms with E-state index in [-0.39, 0.29) is 35.4 Å². The first-order valence-electron chi connectivity index (χ1n) is 14.6. The van der Waals surface area contributed by atoms with E-state index >= 15 is 0 Å². The molecule has 0 aromatic heterocycles. The van der Waals surface area contributed by atoms with E-state index < -0.39 is 34.3 Å². The molecular formula is C35H37ClFN3O4S.